The molecule has 0 amide bonds. The summed E-state index contributed by atoms with van der Waals surface area (Å²) in [6, 6.07) is 2.98. The number of hydrogen-bond acceptors (Lipinski definition) is 6. The number of aromatic nitrogens is 2. The number of rotatable bonds is 4. The van der Waals surface area contributed by atoms with Crippen molar-refractivity contribution >= 4 is 5.97 Å². The highest BCUT2D eigenvalue weighted by Crippen LogP contribution is 2.25. The molecule has 3 heterocycles. The van der Waals surface area contributed by atoms with Gasteiger partial charge in [0, 0.05) is 0 Å². The van der Waals surface area contributed by atoms with Crippen LogP contribution in [0.25, 0.3) is 11.7 Å². The summed E-state index contributed by atoms with van der Waals surface area (Å²) in [4.78, 5) is 13.2. The number of nitrogens with zero attached hydrogens (tertiary/aromatic N) is 3. The Kier molecular flexibility index (Phi) is 3.74. The van der Waals surface area contributed by atoms with Crippen molar-refractivity contribution in [3.8, 4) is 11.7 Å². The average Bonchev–Trinajstić information content (AvgIpc) is 3.11. The smallest absolute Gasteiger partial charge is 0.320 e. The van der Waals surface area contributed by atoms with Crippen LogP contribution in [0.1, 0.15) is 25.7 Å². The molecule has 0 aliphatic carbocycles. The molecule has 1 aliphatic rings. The first kappa shape index (κ1) is 13.8. The third-order valence-corrected chi connectivity index (χ3v) is 3.80. The van der Waals surface area contributed by atoms with Gasteiger partial charge in [0.1, 0.15) is 6.04 Å². The van der Waals surface area contributed by atoms with E-state index in [1.54, 1.807) is 12.1 Å². The van der Waals surface area contributed by atoms with Crippen LogP contribution in [0.2, 0.25) is 0 Å². The molecule has 2 atom stereocenters. The van der Waals surface area contributed by atoms with Crippen molar-refractivity contribution in [2.24, 2.45) is 5.92 Å². The van der Waals surface area contributed by atoms with E-state index in [0.717, 1.165) is 13.0 Å². The van der Waals surface area contributed by atoms with E-state index in [9.17, 15) is 9.90 Å². The predicted octanol–water partition coefficient (Wildman–Crippen LogP) is 2.01. The van der Waals surface area contributed by atoms with Crippen LogP contribution < -0.4 is 0 Å². The molecule has 112 valence electrons. The first-order valence-electron chi connectivity index (χ1n) is 6.96. The van der Waals surface area contributed by atoms with Crippen LogP contribution in [0.3, 0.4) is 0 Å². The molecule has 7 heteroatoms. The minimum atomic E-state index is -0.799. The number of likely N-dealkylation sites (tertiary alicyclic amines) is 1. The molecule has 1 aliphatic heterocycles. The van der Waals surface area contributed by atoms with Gasteiger partial charge in [-0.3, -0.25) is 9.69 Å². The lowest BCUT2D eigenvalue weighted by molar-refractivity contribution is -0.145. The van der Waals surface area contributed by atoms with Gasteiger partial charge in [-0.05, 0) is 37.4 Å². The highest BCUT2D eigenvalue weighted by Gasteiger charge is 2.32. The summed E-state index contributed by atoms with van der Waals surface area (Å²) in [5.74, 6) is 0.848. The molecule has 1 saturated heterocycles. The standard InChI is InChI=1S/C14H17N3O4/c1-9-4-5-17(10(7-9)14(18)19)8-12-15-16-13(21-12)11-3-2-6-20-11/h2-3,6,9-10H,4-5,7-8H2,1H3,(H,18,19). The zero-order chi connectivity index (χ0) is 14.8. The van der Waals surface area contributed by atoms with Crippen LogP contribution in [0.15, 0.2) is 27.2 Å². The lowest BCUT2D eigenvalue weighted by Crippen LogP contribution is -2.46. The Balaban J connectivity index is 1.72. The van der Waals surface area contributed by atoms with Gasteiger partial charge in [-0.1, -0.05) is 6.92 Å². The Labute approximate surface area is 121 Å². The van der Waals surface area contributed by atoms with Gasteiger partial charge in [0.2, 0.25) is 5.89 Å². The van der Waals surface area contributed by atoms with Gasteiger partial charge in [-0.15, -0.1) is 10.2 Å². The van der Waals surface area contributed by atoms with Crippen LogP contribution in [0, 0.1) is 5.92 Å². The van der Waals surface area contributed by atoms with Crippen LogP contribution in [0.4, 0.5) is 0 Å². The topological polar surface area (TPSA) is 92.6 Å². The van der Waals surface area contributed by atoms with Crippen molar-refractivity contribution < 1.29 is 18.7 Å². The monoisotopic (exact) mass is 291 g/mol. The van der Waals surface area contributed by atoms with Gasteiger partial charge < -0.3 is 13.9 Å². The molecule has 1 N–H and O–H groups in total. The molecule has 2 aromatic rings. The van der Waals surface area contributed by atoms with Crippen LogP contribution in [-0.2, 0) is 11.3 Å². The quantitative estimate of drug-likeness (QED) is 0.921. The Hall–Kier alpha value is -2.15. The summed E-state index contributed by atoms with van der Waals surface area (Å²) in [5, 5.41) is 17.2. The molecule has 0 aromatic carbocycles. The SMILES string of the molecule is CC1CCN(Cc2nnc(-c3ccco3)o2)C(C(=O)O)C1. The first-order chi connectivity index (χ1) is 10.1. The molecule has 2 unspecified atom stereocenters. The lowest BCUT2D eigenvalue weighted by Gasteiger charge is -2.34. The summed E-state index contributed by atoms with van der Waals surface area (Å²) in [7, 11) is 0. The van der Waals surface area contributed by atoms with E-state index in [4.69, 9.17) is 8.83 Å². The second-order valence-corrected chi connectivity index (χ2v) is 5.43. The van der Waals surface area contributed by atoms with Crippen molar-refractivity contribution in [1.29, 1.82) is 0 Å². The highest BCUT2D eigenvalue weighted by atomic mass is 16.4. The normalized spacial score (nSPS) is 23.3. The van der Waals surface area contributed by atoms with Crippen molar-refractivity contribution in [3.05, 3.63) is 24.3 Å². The van der Waals surface area contributed by atoms with E-state index in [1.165, 1.54) is 6.26 Å². The summed E-state index contributed by atoms with van der Waals surface area (Å²) < 4.78 is 10.7. The molecule has 0 spiro atoms. The molecule has 0 bridgehead atoms. The van der Waals surface area contributed by atoms with Crippen LogP contribution >= 0.6 is 0 Å². The molecule has 3 rings (SSSR count). The Bertz CT molecular complexity index is 608. The average molecular weight is 291 g/mol. The van der Waals surface area contributed by atoms with Gasteiger partial charge in [0.25, 0.3) is 5.89 Å². The van der Waals surface area contributed by atoms with Crippen molar-refractivity contribution in [3.63, 3.8) is 0 Å². The molecule has 7 nitrogen and oxygen atoms in total. The second kappa shape index (κ2) is 5.69. The minimum absolute atomic E-state index is 0.312. The second-order valence-electron chi connectivity index (χ2n) is 5.43. The molecule has 1 fully saturated rings. The number of piperidine rings is 1. The van der Waals surface area contributed by atoms with E-state index in [1.807, 2.05) is 4.90 Å². The van der Waals surface area contributed by atoms with E-state index >= 15 is 0 Å². The fourth-order valence-electron chi connectivity index (χ4n) is 2.63. The summed E-state index contributed by atoms with van der Waals surface area (Å²) in [6.07, 6.45) is 3.16. The third kappa shape index (κ3) is 2.97. The van der Waals surface area contributed by atoms with Crippen LogP contribution in [-0.4, -0.2) is 38.8 Å². The Morgan fingerprint density at radius 3 is 3.10 bits per heavy atom. The van der Waals surface area contributed by atoms with Gasteiger partial charge in [0.05, 0.1) is 12.8 Å². The summed E-state index contributed by atoms with van der Waals surface area (Å²) in [6.45, 7) is 3.14. The predicted molar refractivity (Wildman–Crippen MR) is 72.2 cm³/mol. The van der Waals surface area contributed by atoms with Gasteiger partial charge in [0.15, 0.2) is 5.76 Å². The van der Waals surface area contributed by atoms with Gasteiger partial charge in [-0.25, -0.2) is 0 Å². The Morgan fingerprint density at radius 1 is 1.52 bits per heavy atom. The van der Waals surface area contributed by atoms with Crippen LogP contribution in [0.5, 0.6) is 0 Å². The number of aliphatic carboxylic acids is 1. The van der Waals surface area contributed by atoms with Crippen molar-refractivity contribution in [1.82, 2.24) is 15.1 Å². The molecule has 0 radical (unpaired) electrons. The number of furan rings is 1. The van der Waals surface area contributed by atoms with Gasteiger partial charge in [-0.2, -0.15) is 0 Å². The maximum Gasteiger partial charge on any atom is 0.320 e. The highest BCUT2D eigenvalue weighted by molar-refractivity contribution is 5.73. The third-order valence-electron chi connectivity index (χ3n) is 3.80. The van der Waals surface area contributed by atoms with Gasteiger partial charge >= 0.3 is 5.97 Å². The number of carboxylic acid groups (broad SMARTS) is 1. The number of hydrogen-bond donors (Lipinski definition) is 1. The molecular formula is C14H17N3O4. The molecular weight excluding hydrogens is 274 g/mol. The minimum Gasteiger partial charge on any atom is -0.480 e. The summed E-state index contributed by atoms with van der Waals surface area (Å²) in [5.41, 5.74) is 0. The summed E-state index contributed by atoms with van der Waals surface area (Å²) >= 11 is 0. The van der Waals surface area contributed by atoms with Crippen molar-refractivity contribution in [2.45, 2.75) is 32.4 Å². The molecule has 0 saturated carbocycles. The maximum absolute atomic E-state index is 11.4. The first-order valence-corrected chi connectivity index (χ1v) is 6.96. The fraction of sp³-hybridized carbons (Fsp3) is 0.500. The zero-order valence-electron chi connectivity index (χ0n) is 11.7. The zero-order valence-corrected chi connectivity index (χ0v) is 11.7. The maximum atomic E-state index is 11.4. The Morgan fingerprint density at radius 2 is 2.38 bits per heavy atom. The number of carbonyl (C=O) groups is 1. The fourth-order valence-corrected chi connectivity index (χ4v) is 2.63. The lowest BCUT2D eigenvalue weighted by atomic mass is 9.92. The largest absolute Gasteiger partial charge is 0.480 e. The van der Waals surface area contributed by atoms with E-state index in [-0.39, 0.29) is 0 Å². The number of carboxylic acids is 1. The van der Waals surface area contributed by atoms with E-state index < -0.39 is 12.0 Å². The van der Waals surface area contributed by atoms with E-state index in [0.29, 0.717) is 36.4 Å². The molecule has 2 aromatic heterocycles. The molecule has 21 heavy (non-hydrogen) atoms. The van der Waals surface area contributed by atoms with E-state index in [2.05, 4.69) is 17.1 Å². The van der Waals surface area contributed by atoms with Crippen molar-refractivity contribution in [2.75, 3.05) is 6.54 Å².